The molecular weight excluding hydrogens is 182 g/mol. The molecule has 78 valence electrons. The predicted octanol–water partition coefficient (Wildman–Crippen LogP) is -0.601. The number of aromatic nitrogens is 2. The first-order chi connectivity index (χ1) is 6.65. The average molecular weight is 197 g/mol. The van der Waals surface area contributed by atoms with Gasteiger partial charge in [-0.15, -0.1) is 0 Å². The van der Waals surface area contributed by atoms with E-state index in [-0.39, 0.29) is 0 Å². The molecule has 0 radical (unpaired) electrons. The fraction of sp³-hybridized carbons (Fsp3) is 0.556. The molecule has 2 atom stereocenters. The molecule has 0 spiro atoms. The Morgan fingerprint density at radius 3 is 2.57 bits per heavy atom. The van der Waals surface area contributed by atoms with E-state index in [2.05, 4.69) is 15.5 Å². The summed E-state index contributed by atoms with van der Waals surface area (Å²) in [4.78, 5) is 0. The molecular formula is C9H15N3O2. The van der Waals surface area contributed by atoms with Crippen LogP contribution in [0.25, 0.3) is 0 Å². The summed E-state index contributed by atoms with van der Waals surface area (Å²) in [5, 5.41) is 29.4. The van der Waals surface area contributed by atoms with E-state index >= 15 is 0 Å². The molecule has 5 heteroatoms. The molecule has 14 heavy (non-hydrogen) atoms. The van der Waals surface area contributed by atoms with E-state index in [1.807, 2.05) is 6.92 Å². The monoisotopic (exact) mass is 197 g/mol. The third kappa shape index (κ3) is 2.73. The van der Waals surface area contributed by atoms with Crippen LogP contribution in [0.3, 0.4) is 0 Å². The van der Waals surface area contributed by atoms with Crippen LogP contribution in [-0.4, -0.2) is 40.1 Å². The van der Waals surface area contributed by atoms with Crippen LogP contribution in [0.4, 0.5) is 0 Å². The summed E-state index contributed by atoms with van der Waals surface area (Å²) in [6.45, 7) is 2.13. The highest BCUT2D eigenvalue weighted by atomic mass is 16.3. The number of aliphatic hydroxyl groups excluding tert-OH is 2. The van der Waals surface area contributed by atoms with Gasteiger partial charge in [0.2, 0.25) is 0 Å². The van der Waals surface area contributed by atoms with Crippen LogP contribution in [0.5, 0.6) is 0 Å². The number of aliphatic hydroxyl groups is 2. The first-order valence-electron chi connectivity index (χ1n) is 4.46. The smallest absolute Gasteiger partial charge is 0.125 e. The Bertz CT molecular complexity index is 276. The van der Waals surface area contributed by atoms with Gasteiger partial charge in [-0.3, -0.25) is 0 Å². The van der Waals surface area contributed by atoms with Crippen molar-refractivity contribution < 1.29 is 10.2 Å². The fourth-order valence-corrected chi connectivity index (χ4v) is 1.08. The maximum atomic E-state index is 9.62. The van der Waals surface area contributed by atoms with Gasteiger partial charge in [0.15, 0.2) is 0 Å². The van der Waals surface area contributed by atoms with Crippen LogP contribution >= 0.6 is 0 Å². The molecule has 5 nitrogen and oxygen atoms in total. The average Bonchev–Trinajstić information content (AvgIpc) is 2.18. The Balaban J connectivity index is 2.68. The van der Waals surface area contributed by atoms with E-state index in [1.54, 1.807) is 19.2 Å². The van der Waals surface area contributed by atoms with Gasteiger partial charge in [0.05, 0.1) is 17.5 Å². The van der Waals surface area contributed by atoms with Gasteiger partial charge in [-0.25, -0.2) is 0 Å². The highest BCUT2D eigenvalue weighted by molar-refractivity contribution is 5.09. The number of likely N-dealkylation sites (N-methyl/N-ethyl adjacent to an activating group) is 1. The Labute approximate surface area is 82.8 Å². The second-order valence-corrected chi connectivity index (χ2v) is 3.17. The minimum absolute atomic E-state index is 0.316. The second-order valence-electron chi connectivity index (χ2n) is 3.17. The minimum atomic E-state index is -0.990. The summed E-state index contributed by atoms with van der Waals surface area (Å²) < 4.78 is 0. The Kier molecular flexibility index (Phi) is 3.94. The largest absolute Gasteiger partial charge is 0.389 e. The van der Waals surface area contributed by atoms with E-state index in [4.69, 9.17) is 0 Å². The third-order valence-electron chi connectivity index (χ3n) is 1.90. The van der Waals surface area contributed by atoms with Crippen molar-refractivity contribution in [1.82, 2.24) is 15.5 Å². The SMILES string of the molecule is CNCC(O)C(O)c1ccc(C)nn1. The highest BCUT2D eigenvalue weighted by Gasteiger charge is 2.18. The Morgan fingerprint density at radius 2 is 2.07 bits per heavy atom. The van der Waals surface area contributed by atoms with E-state index in [0.29, 0.717) is 12.2 Å². The molecule has 2 unspecified atom stereocenters. The maximum absolute atomic E-state index is 9.62. The van der Waals surface area contributed by atoms with Gasteiger partial charge in [0.1, 0.15) is 6.10 Å². The van der Waals surface area contributed by atoms with Crippen LogP contribution in [-0.2, 0) is 0 Å². The predicted molar refractivity (Wildman–Crippen MR) is 51.7 cm³/mol. The topological polar surface area (TPSA) is 78.3 Å². The lowest BCUT2D eigenvalue weighted by atomic mass is 10.1. The summed E-state index contributed by atoms with van der Waals surface area (Å²) >= 11 is 0. The van der Waals surface area contributed by atoms with Crippen LogP contribution in [0.15, 0.2) is 12.1 Å². The summed E-state index contributed by atoms with van der Waals surface area (Å²) in [6.07, 6.45) is -1.85. The summed E-state index contributed by atoms with van der Waals surface area (Å²) in [5.74, 6) is 0. The lowest BCUT2D eigenvalue weighted by Crippen LogP contribution is -2.30. The quantitative estimate of drug-likeness (QED) is 0.600. The first-order valence-corrected chi connectivity index (χ1v) is 4.46. The minimum Gasteiger partial charge on any atom is -0.389 e. The molecule has 1 heterocycles. The number of aryl methyl sites for hydroxylation is 1. The zero-order valence-electron chi connectivity index (χ0n) is 8.31. The van der Waals surface area contributed by atoms with Crippen molar-refractivity contribution >= 4 is 0 Å². The van der Waals surface area contributed by atoms with Gasteiger partial charge >= 0.3 is 0 Å². The number of hydrogen-bond donors (Lipinski definition) is 3. The van der Waals surface area contributed by atoms with Gasteiger partial charge in [0, 0.05) is 6.54 Å². The lowest BCUT2D eigenvalue weighted by molar-refractivity contribution is 0.0171. The fourth-order valence-electron chi connectivity index (χ4n) is 1.08. The molecule has 0 amide bonds. The number of rotatable bonds is 4. The molecule has 0 bridgehead atoms. The molecule has 0 aliphatic heterocycles. The molecule has 0 saturated heterocycles. The highest BCUT2D eigenvalue weighted by Crippen LogP contribution is 2.12. The molecule has 1 aromatic heterocycles. The van der Waals surface area contributed by atoms with E-state index < -0.39 is 12.2 Å². The van der Waals surface area contributed by atoms with E-state index in [0.717, 1.165) is 5.69 Å². The zero-order valence-corrected chi connectivity index (χ0v) is 8.31. The molecule has 3 N–H and O–H groups in total. The summed E-state index contributed by atoms with van der Waals surface area (Å²) in [7, 11) is 1.71. The number of hydrogen-bond acceptors (Lipinski definition) is 5. The number of nitrogens with one attached hydrogen (secondary N) is 1. The van der Waals surface area contributed by atoms with Crippen LogP contribution in [0.1, 0.15) is 17.5 Å². The molecule has 0 aliphatic carbocycles. The molecule has 0 saturated carbocycles. The summed E-state index contributed by atoms with van der Waals surface area (Å²) in [5.41, 5.74) is 1.17. The van der Waals surface area contributed by atoms with E-state index in [9.17, 15) is 10.2 Å². The van der Waals surface area contributed by atoms with Crippen molar-refractivity contribution in [2.75, 3.05) is 13.6 Å². The van der Waals surface area contributed by atoms with Gasteiger partial charge in [-0.05, 0) is 26.1 Å². The first kappa shape index (κ1) is 11.0. The van der Waals surface area contributed by atoms with Crippen LogP contribution < -0.4 is 5.32 Å². The third-order valence-corrected chi connectivity index (χ3v) is 1.90. The van der Waals surface area contributed by atoms with Gasteiger partial charge in [-0.2, -0.15) is 10.2 Å². The van der Waals surface area contributed by atoms with Crippen molar-refractivity contribution in [3.05, 3.63) is 23.5 Å². The van der Waals surface area contributed by atoms with Crippen LogP contribution in [0, 0.1) is 6.92 Å². The molecule has 0 fully saturated rings. The second kappa shape index (κ2) is 4.99. The molecule has 0 aliphatic rings. The molecule has 0 aromatic carbocycles. The van der Waals surface area contributed by atoms with E-state index in [1.165, 1.54) is 0 Å². The van der Waals surface area contributed by atoms with Crippen molar-refractivity contribution in [3.63, 3.8) is 0 Å². The van der Waals surface area contributed by atoms with Crippen molar-refractivity contribution in [3.8, 4) is 0 Å². The maximum Gasteiger partial charge on any atom is 0.125 e. The molecule has 1 rings (SSSR count). The Hall–Kier alpha value is -1.04. The van der Waals surface area contributed by atoms with Gasteiger partial charge in [0.25, 0.3) is 0 Å². The Morgan fingerprint density at radius 1 is 1.36 bits per heavy atom. The zero-order chi connectivity index (χ0) is 10.6. The molecule has 1 aromatic rings. The lowest BCUT2D eigenvalue weighted by Gasteiger charge is -2.16. The van der Waals surface area contributed by atoms with Gasteiger partial charge in [-0.1, -0.05) is 0 Å². The van der Waals surface area contributed by atoms with Crippen molar-refractivity contribution in [1.29, 1.82) is 0 Å². The summed E-state index contributed by atoms with van der Waals surface area (Å²) in [6, 6.07) is 3.41. The van der Waals surface area contributed by atoms with Crippen molar-refractivity contribution in [2.24, 2.45) is 0 Å². The standard InChI is InChI=1S/C9H15N3O2/c1-6-3-4-7(12-11-6)9(14)8(13)5-10-2/h3-4,8-10,13-14H,5H2,1-2H3. The van der Waals surface area contributed by atoms with Crippen molar-refractivity contribution in [2.45, 2.75) is 19.1 Å². The number of nitrogens with zero attached hydrogens (tertiary/aromatic N) is 2. The van der Waals surface area contributed by atoms with Gasteiger partial charge < -0.3 is 15.5 Å². The normalized spacial score (nSPS) is 15.1. The van der Waals surface area contributed by atoms with Crippen LogP contribution in [0.2, 0.25) is 0 Å².